The van der Waals surface area contributed by atoms with Crippen LogP contribution in [0.25, 0.3) is 0 Å². The molecule has 0 saturated carbocycles. The van der Waals surface area contributed by atoms with Crippen LogP contribution in [0.15, 0.2) is 18.2 Å². The van der Waals surface area contributed by atoms with Crippen LogP contribution in [0.4, 0.5) is 13.2 Å². The summed E-state index contributed by atoms with van der Waals surface area (Å²) >= 11 is 11.3. The third-order valence-electron chi connectivity index (χ3n) is 2.77. The molecule has 0 fully saturated rings. The Hall–Kier alpha value is -0.490. The van der Waals surface area contributed by atoms with Gasteiger partial charge in [0.05, 0.1) is 10.0 Å². The van der Waals surface area contributed by atoms with Crippen molar-refractivity contribution in [2.75, 3.05) is 0 Å². The standard InChI is InChI=1S/C11H12Cl2F3NO/c1-2-9(17)10(18,11(14,15)16)6-3-4-7(12)8(13)5-6/h3-5,9,18H,2,17H2,1H3. The van der Waals surface area contributed by atoms with Gasteiger partial charge in [-0.15, -0.1) is 0 Å². The summed E-state index contributed by atoms with van der Waals surface area (Å²) in [6, 6.07) is 1.75. The van der Waals surface area contributed by atoms with Gasteiger partial charge in [0.2, 0.25) is 5.60 Å². The van der Waals surface area contributed by atoms with Crippen LogP contribution in [0.1, 0.15) is 18.9 Å². The van der Waals surface area contributed by atoms with Crippen molar-refractivity contribution < 1.29 is 18.3 Å². The first kappa shape index (κ1) is 15.6. The maximum absolute atomic E-state index is 13.1. The largest absolute Gasteiger partial charge is 0.422 e. The van der Waals surface area contributed by atoms with Crippen molar-refractivity contribution in [2.24, 2.45) is 5.73 Å². The number of benzene rings is 1. The van der Waals surface area contributed by atoms with Crippen LogP contribution in [-0.2, 0) is 5.60 Å². The Bertz CT molecular complexity index is 439. The van der Waals surface area contributed by atoms with Gasteiger partial charge in [-0.05, 0) is 24.1 Å². The smallest absolute Gasteiger partial charge is 0.375 e. The number of rotatable bonds is 3. The molecule has 0 aliphatic carbocycles. The van der Waals surface area contributed by atoms with E-state index in [0.29, 0.717) is 0 Å². The molecule has 0 bridgehead atoms. The maximum atomic E-state index is 13.1. The Morgan fingerprint density at radius 3 is 2.22 bits per heavy atom. The fourth-order valence-electron chi connectivity index (χ4n) is 1.62. The van der Waals surface area contributed by atoms with E-state index in [4.69, 9.17) is 28.9 Å². The second kappa shape index (κ2) is 5.25. The van der Waals surface area contributed by atoms with Gasteiger partial charge in [0, 0.05) is 6.04 Å². The maximum Gasteiger partial charge on any atom is 0.422 e. The summed E-state index contributed by atoms with van der Waals surface area (Å²) in [6.07, 6.45) is -4.95. The highest BCUT2D eigenvalue weighted by Crippen LogP contribution is 2.43. The van der Waals surface area contributed by atoms with Gasteiger partial charge in [-0.3, -0.25) is 0 Å². The van der Waals surface area contributed by atoms with E-state index in [1.54, 1.807) is 0 Å². The van der Waals surface area contributed by atoms with Gasteiger partial charge >= 0.3 is 6.18 Å². The molecule has 2 nitrogen and oxygen atoms in total. The summed E-state index contributed by atoms with van der Waals surface area (Å²) in [4.78, 5) is 0. The van der Waals surface area contributed by atoms with Gasteiger partial charge in [-0.1, -0.05) is 36.2 Å². The number of aliphatic hydroxyl groups is 1. The molecule has 0 aliphatic rings. The summed E-state index contributed by atoms with van der Waals surface area (Å²) in [5.74, 6) is 0. The fourth-order valence-corrected chi connectivity index (χ4v) is 1.91. The van der Waals surface area contributed by atoms with Crippen molar-refractivity contribution in [1.29, 1.82) is 0 Å². The molecule has 1 aromatic carbocycles. The van der Waals surface area contributed by atoms with E-state index in [9.17, 15) is 18.3 Å². The van der Waals surface area contributed by atoms with E-state index in [1.165, 1.54) is 13.0 Å². The molecule has 0 radical (unpaired) electrons. The van der Waals surface area contributed by atoms with Crippen molar-refractivity contribution in [2.45, 2.75) is 31.2 Å². The van der Waals surface area contributed by atoms with Gasteiger partial charge in [-0.2, -0.15) is 13.2 Å². The first-order chi connectivity index (χ1) is 8.14. The zero-order valence-corrected chi connectivity index (χ0v) is 10.9. The van der Waals surface area contributed by atoms with E-state index in [-0.39, 0.29) is 16.5 Å². The molecule has 18 heavy (non-hydrogen) atoms. The molecular weight excluding hydrogens is 290 g/mol. The first-order valence-corrected chi connectivity index (χ1v) is 5.90. The fraction of sp³-hybridized carbons (Fsp3) is 0.455. The van der Waals surface area contributed by atoms with Crippen LogP contribution in [0.2, 0.25) is 10.0 Å². The number of alkyl halides is 3. The van der Waals surface area contributed by atoms with E-state index in [2.05, 4.69) is 0 Å². The van der Waals surface area contributed by atoms with Crippen LogP contribution >= 0.6 is 23.2 Å². The molecule has 0 aromatic heterocycles. The molecule has 7 heteroatoms. The highest BCUT2D eigenvalue weighted by atomic mass is 35.5. The lowest BCUT2D eigenvalue weighted by atomic mass is 9.84. The molecule has 0 spiro atoms. The second-order valence-electron chi connectivity index (χ2n) is 3.91. The number of hydrogen-bond acceptors (Lipinski definition) is 2. The molecule has 1 aromatic rings. The normalized spacial score (nSPS) is 17.3. The molecule has 0 heterocycles. The second-order valence-corrected chi connectivity index (χ2v) is 4.72. The minimum Gasteiger partial charge on any atom is -0.375 e. The van der Waals surface area contributed by atoms with Crippen molar-refractivity contribution in [3.8, 4) is 0 Å². The van der Waals surface area contributed by atoms with Crippen molar-refractivity contribution in [1.82, 2.24) is 0 Å². The van der Waals surface area contributed by atoms with Crippen molar-refractivity contribution >= 4 is 23.2 Å². The summed E-state index contributed by atoms with van der Waals surface area (Å²) < 4.78 is 39.2. The minimum atomic E-state index is -4.90. The van der Waals surface area contributed by atoms with E-state index in [1.807, 2.05) is 0 Å². The highest BCUT2D eigenvalue weighted by molar-refractivity contribution is 6.42. The molecule has 3 N–H and O–H groups in total. The molecule has 1 rings (SSSR count). The topological polar surface area (TPSA) is 46.2 Å². The quantitative estimate of drug-likeness (QED) is 0.898. The Labute approximate surface area is 112 Å². The average Bonchev–Trinajstić information content (AvgIpc) is 2.29. The highest BCUT2D eigenvalue weighted by Gasteiger charge is 2.58. The molecule has 2 atom stereocenters. The van der Waals surface area contributed by atoms with Crippen LogP contribution in [0.3, 0.4) is 0 Å². The Balaban J connectivity index is 3.40. The summed E-state index contributed by atoms with van der Waals surface area (Å²) in [6.45, 7) is 1.46. The Morgan fingerprint density at radius 1 is 1.28 bits per heavy atom. The van der Waals surface area contributed by atoms with Crippen LogP contribution in [0.5, 0.6) is 0 Å². The number of halogens is 5. The SMILES string of the molecule is CCC(N)C(O)(c1ccc(Cl)c(Cl)c1)C(F)(F)F. The first-order valence-electron chi connectivity index (χ1n) is 5.14. The average molecular weight is 302 g/mol. The predicted octanol–water partition coefficient (Wildman–Crippen LogP) is 3.48. The van der Waals surface area contributed by atoms with Gasteiger partial charge in [0.15, 0.2) is 0 Å². The number of nitrogens with two attached hydrogens (primary N) is 1. The van der Waals surface area contributed by atoms with Crippen LogP contribution in [-0.4, -0.2) is 17.3 Å². The summed E-state index contributed by atoms with van der Waals surface area (Å²) in [5, 5.41) is 9.99. The monoisotopic (exact) mass is 301 g/mol. The lowest BCUT2D eigenvalue weighted by molar-refractivity contribution is -0.274. The predicted molar refractivity (Wildman–Crippen MR) is 64.7 cm³/mol. The Kier molecular flexibility index (Phi) is 4.54. The van der Waals surface area contributed by atoms with E-state index < -0.39 is 23.4 Å². The van der Waals surface area contributed by atoms with Gasteiger partial charge in [0.1, 0.15) is 0 Å². The third kappa shape index (κ3) is 2.59. The zero-order valence-electron chi connectivity index (χ0n) is 9.43. The Morgan fingerprint density at radius 2 is 1.83 bits per heavy atom. The molecule has 102 valence electrons. The van der Waals surface area contributed by atoms with Crippen LogP contribution in [0, 0.1) is 0 Å². The lowest BCUT2D eigenvalue weighted by Gasteiger charge is -2.35. The van der Waals surface area contributed by atoms with Gasteiger partial charge in [-0.25, -0.2) is 0 Å². The molecule has 0 saturated heterocycles. The number of hydrogen-bond donors (Lipinski definition) is 2. The summed E-state index contributed by atoms with van der Waals surface area (Å²) in [5.41, 5.74) is 1.85. The van der Waals surface area contributed by atoms with E-state index >= 15 is 0 Å². The molecule has 2 unspecified atom stereocenters. The lowest BCUT2D eigenvalue weighted by Crippen LogP contribution is -2.55. The van der Waals surface area contributed by atoms with Crippen molar-refractivity contribution in [3.63, 3.8) is 0 Å². The van der Waals surface area contributed by atoms with Crippen LogP contribution < -0.4 is 5.73 Å². The molecular formula is C11H12Cl2F3NO. The summed E-state index contributed by atoms with van der Waals surface area (Å²) in [7, 11) is 0. The van der Waals surface area contributed by atoms with Crippen molar-refractivity contribution in [3.05, 3.63) is 33.8 Å². The van der Waals surface area contributed by atoms with E-state index in [0.717, 1.165) is 12.1 Å². The molecule has 0 aliphatic heterocycles. The minimum absolute atomic E-state index is 0.0454. The van der Waals surface area contributed by atoms with Gasteiger partial charge < -0.3 is 10.8 Å². The molecule has 0 amide bonds. The van der Waals surface area contributed by atoms with Gasteiger partial charge in [0.25, 0.3) is 0 Å². The zero-order chi connectivity index (χ0) is 14.1. The third-order valence-corrected chi connectivity index (χ3v) is 3.51.